The Hall–Kier alpha value is -0.580. The molecule has 0 bridgehead atoms. The molecule has 0 spiro atoms. The zero-order valence-corrected chi connectivity index (χ0v) is 10.9. The molecule has 0 aliphatic carbocycles. The van der Waals surface area contributed by atoms with Crippen LogP contribution >= 0.6 is 23.7 Å². The standard InChI is InChI=1S/C11H16O3S.ClH/c1-2-3-4-7-14-11(13)10(12)9-6-5-8-15-9;/h5-6,8,10,12H,2-4,7H2,1H3;1H. The van der Waals surface area contributed by atoms with Crippen LogP contribution in [-0.2, 0) is 9.53 Å². The average Bonchev–Trinajstić information content (AvgIpc) is 2.76. The molecule has 0 amide bonds. The summed E-state index contributed by atoms with van der Waals surface area (Å²) in [5.74, 6) is -0.548. The third kappa shape index (κ3) is 4.96. The molecule has 0 aromatic carbocycles. The van der Waals surface area contributed by atoms with Crippen molar-refractivity contribution < 1.29 is 14.6 Å². The summed E-state index contributed by atoms with van der Waals surface area (Å²) in [5, 5.41) is 11.4. The molecule has 0 aliphatic heterocycles. The maximum absolute atomic E-state index is 11.3. The lowest BCUT2D eigenvalue weighted by molar-refractivity contribution is -0.153. The lowest BCUT2D eigenvalue weighted by Gasteiger charge is -2.08. The fraction of sp³-hybridized carbons (Fsp3) is 0.545. The Morgan fingerprint density at radius 2 is 2.31 bits per heavy atom. The van der Waals surface area contributed by atoms with Gasteiger partial charge in [-0.05, 0) is 17.9 Å². The van der Waals surface area contributed by atoms with E-state index in [1.54, 1.807) is 12.1 Å². The molecule has 0 aliphatic rings. The van der Waals surface area contributed by atoms with Gasteiger partial charge >= 0.3 is 5.97 Å². The second-order valence-corrected chi connectivity index (χ2v) is 4.27. The van der Waals surface area contributed by atoms with Crippen LogP contribution in [0, 0.1) is 0 Å². The zero-order valence-electron chi connectivity index (χ0n) is 9.22. The van der Waals surface area contributed by atoms with Gasteiger partial charge in [0.2, 0.25) is 0 Å². The predicted octanol–water partition coefficient (Wildman–Crippen LogP) is 2.94. The minimum Gasteiger partial charge on any atom is -0.463 e. The van der Waals surface area contributed by atoms with E-state index in [0.29, 0.717) is 11.5 Å². The predicted molar refractivity (Wildman–Crippen MR) is 67.0 cm³/mol. The molecule has 1 atom stereocenters. The first-order chi connectivity index (χ1) is 7.25. The van der Waals surface area contributed by atoms with Crippen molar-refractivity contribution in [1.29, 1.82) is 0 Å². The molecule has 92 valence electrons. The lowest BCUT2D eigenvalue weighted by atomic mass is 10.2. The van der Waals surface area contributed by atoms with Gasteiger partial charge in [-0.3, -0.25) is 0 Å². The van der Waals surface area contributed by atoms with Crippen LogP contribution in [0.4, 0.5) is 0 Å². The fourth-order valence-corrected chi connectivity index (χ4v) is 1.86. The highest BCUT2D eigenvalue weighted by Crippen LogP contribution is 2.19. The molecular weight excluding hydrogens is 248 g/mol. The number of esters is 1. The van der Waals surface area contributed by atoms with E-state index in [-0.39, 0.29) is 12.4 Å². The zero-order chi connectivity index (χ0) is 11.1. The summed E-state index contributed by atoms with van der Waals surface area (Å²) in [6, 6.07) is 3.52. The van der Waals surface area contributed by atoms with Gasteiger partial charge in [-0.2, -0.15) is 0 Å². The largest absolute Gasteiger partial charge is 0.463 e. The van der Waals surface area contributed by atoms with E-state index >= 15 is 0 Å². The van der Waals surface area contributed by atoms with Gasteiger partial charge in [0.25, 0.3) is 0 Å². The maximum Gasteiger partial charge on any atom is 0.340 e. The Morgan fingerprint density at radius 1 is 1.56 bits per heavy atom. The van der Waals surface area contributed by atoms with Crippen LogP contribution in [0.5, 0.6) is 0 Å². The summed E-state index contributed by atoms with van der Waals surface area (Å²) in [6.07, 6.45) is 1.87. The number of aliphatic hydroxyl groups is 1. The van der Waals surface area contributed by atoms with E-state index in [9.17, 15) is 9.90 Å². The average molecular weight is 265 g/mol. The summed E-state index contributed by atoms with van der Waals surface area (Å²) in [7, 11) is 0. The molecule has 16 heavy (non-hydrogen) atoms. The highest BCUT2D eigenvalue weighted by molar-refractivity contribution is 7.10. The topological polar surface area (TPSA) is 46.5 Å². The van der Waals surface area contributed by atoms with Crippen molar-refractivity contribution in [3.05, 3.63) is 22.4 Å². The van der Waals surface area contributed by atoms with Crippen LogP contribution < -0.4 is 0 Å². The molecule has 5 heteroatoms. The minimum atomic E-state index is -1.12. The Bertz CT molecular complexity index is 287. The number of thiophene rings is 1. The number of hydrogen-bond donors (Lipinski definition) is 1. The van der Waals surface area contributed by atoms with Crippen LogP contribution in [0.25, 0.3) is 0 Å². The van der Waals surface area contributed by atoms with Gasteiger partial charge in [-0.25, -0.2) is 4.79 Å². The van der Waals surface area contributed by atoms with Crippen LogP contribution in [0.3, 0.4) is 0 Å². The van der Waals surface area contributed by atoms with E-state index in [1.165, 1.54) is 11.3 Å². The first-order valence-corrected chi connectivity index (χ1v) is 6.01. The first kappa shape index (κ1) is 15.4. The van der Waals surface area contributed by atoms with Crippen molar-refractivity contribution in [2.24, 2.45) is 0 Å². The van der Waals surface area contributed by atoms with E-state index in [4.69, 9.17) is 4.74 Å². The van der Waals surface area contributed by atoms with Gasteiger partial charge in [-0.15, -0.1) is 23.7 Å². The first-order valence-electron chi connectivity index (χ1n) is 5.13. The second kappa shape index (κ2) is 8.56. The smallest absolute Gasteiger partial charge is 0.340 e. The van der Waals surface area contributed by atoms with Crippen LogP contribution in [0.2, 0.25) is 0 Å². The molecule has 0 saturated heterocycles. The van der Waals surface area contributed by atoms with Gasteiger partial charge in [0, 0.05) is 4.88 Å². The van der Waals surface area contributed by atoms with Crippen LogP contribution in [-0.4, -0.2) is 17.7 Å². The van der Waals surface area contributed by atoms with Crippen LogP contribution in [0.15, 0.2) is 17.5 Å². The number of rotatable bonds is 6. The molecule has 0 radical (unpaired) electrons. The number of aliphatic hydroxyl groups excluding tert-OH is 1. The number of unbranched alkanes of at least 4 members (excludes halogenated alkanes) is 2. The van der Waals surface area contributed by atoms with Crippen LogP contribution in [0.1, 0.15) is 37.2 Å². The van der Waals surface area contributed by atoms with E-state index in [0.717, 1.165) is 19.3 Å². The molecule has 1 N–H and O–H groups in total. The molecule has 0 saturated carbocycles. The Morgan fingerprint density at radius 3 is 2.88 bits per heavy atom. The molecule has 1 heterocycles. The van der Waals surface area contributed by atoms with Gasteiger partial charge in [0.05, 0.1) is 6.61 Å². The Labute approximate surface area is 106 Å². The van der Waals surface area contributed by atoms with Crippen molar-refractivity contribution in [3.8, 4) is 0 Å². The van der Waals surface area contributed by atoms with E-state index in [2.05, 4.69) is 6.92 Å². The highest BCUT2D eigenvalue weighted by Gasteiger charge is 2.19. The van der Waals surface area contributed by atoms with Crippen molar-refractivity contribution in [1.82, 2.24) is 0 Å². The molecular formula is C11H17ClO3S. The van der Waals surface area contributed by atoms with Gasteiger partial charge in [0.1, 0.15) is 0 Å². The van der Waals surface area contributed by atoms with Gasteiger partial charge in [-0.1, -0.05) is 25.8 Å². The van der Waals surface area contributed by atoms with Crippen molar-refractivity contribution in [2.75, 3.05) is 6.61 Å². The van der Waals surface area contributed by atoms with Gasteiger partial charge in [0.15, 0.2) is 6.10 Å². The van der Waals surface area contributed by atoms with E-state index < -0.39 is 12.1 Å². The highest BCUT2D eigenvalue weighted by atomic mass is 35.5. The number of carbonyl (C=O) groups is 1. The lowest BCUT2D eigenvalue weighted by Crippen LogP contribution is -2.15. The summed E-state index contributed by atoms with van der Waals surface area (Å²) in [4.78, 5) is 12.0. The number of hydrogen-bond acceptors (Lipinski definition) is 4. The summed E-state index contributed by atoms with van der Waals surface area (Å²) < 4.78 is 4.95. The van der Waals surface area contributed by atoms with Crippen molar-refractivity contribution in [2.45, 2.75) is 32.3 Å². The molecule has 1 aromatic rings. The summed E-state index contributed by atoms with van der Waals surface area (Å²) >= 11 is 1.35. The molecule has 1 rings (SSSR count). The van der Waals surface area contributed by atoms with Gasteiger partial charge < -0.3 is 9.84 Å². The number of carbonyl (C=O) groups excluding carboxylic acids is 1. The number of halogens is 1. The van der Waals surface area contributed by atoms with Crippen molar-refractivity contribution >= 4 is 29.7 Å². The van der Waals surface area contributed by atoms with Crippen molar-refractivity contribution in [3.63, 3.8) is 0 Å². The monoisotopic (exact) mass is 264 g/mol. The summed E-state index contributed by atoms with van der Waals surface area (Å²) in [6.45, 7) is 2.48. The second-order valence-electron chi connectivity index (χ2n) is 3.29. The maximum atomic E-state index is 11.3. The molecule has 0 fully saturated rings. The minimum absolute atomic E-state index is 0. The SMILES string of the molecule is CCCCCOC(=O)C(O)c1cccs1.Cl. The Kier molecular flexibility index (Phi) is 8.25. The number of ether oxygens (including phenoxy) is 1. The third-order valence-corrected chi connectivity index (χ3v) is 2.95. The quantitative estimate of drug-likeness (QED) is 0.635. The summed E-state index contributed by atoms with van der Waals surface area (Å²) in [5.41, 5.74) is 0. The Balaban J connectivity index is 0.00000225. The molecule has 1 aromatic heterocycles. The van der Waals surface area contributed by atoms with E-state index in [1.807, 2.05) is 5.38 Å². The molecule has 3 nitrogen and oxygen atoms in total. The normalized spacial score (nSPS) is 11.6. The third-order valence-electron chi connectivity index (χ3n) is 2.03. The molecule has 1 unspecified atom stereocenters. The fourth-order valence-electron chi connectivity index (χ4n) is 1.17.